The zero-order chi connectivity index (χ0) is 15.1. The number of benzene rings is 1. The summed E-state index contributed by atoms with van der Waals surface area (Å²) < 4.78 is 10.1. The van der Waals surface area contributed by atoms with Crippen molar-refractivity contribution in [1.82, 2.24) is 9.55 Å². The van der Waals surface area contributed by atoms with Crippen LogP contribution < -0.4 is 0 Å². The van der Waals surface area contributed by atoms with Gasteiger partial charge in [0.15, 0.2) is 3.83 Å². The van der Waals surface area contributed by atoms with Crippen molar-refractivity contribution >= 4 is 75.9 Å². The van der Waals surface area contributed by atoms with E-state index in [1.165, 1.54) is 0 Å². The Labute approximate surface area is 152 Å². The van der Waals surface area contributed by atoms with E-state index in [1.54, 1.807) is 0 Å². The molecule has 0 radical (unpaired) electrons. The molecule has 0 aliphatic carbocycles. The Morgan fingerprint density at radius 1 is 1.35 bits per heavy atom. The van der Waals surface area contributed by atoms with Gasteiger partial charge < -0.3 is 4.74 Å². The average Bonchev–Trinajstić information content (AvgIpc) is 2.61. The Kier molecular flexibility index (Phi) is 5.43. The monoisotopic (exact) mass is 534 g/mol. The molecular formula is C13H17ClI2N2OSi. The minimum atomic E-state index is -1.28. The maximum absolute atomic E-state index is 6.15. The van der Waals surface area contributed by atoms with Crippen molar-refractivity contribution in [3.05, 3.63) is 24.6 Å². The number of halogens is 3. The molecule has 1 aromatic carbocycles. The highest BCUT2D eigenvalue weighted by atomic mass is 127. The first-order valence-electron chi connectivity index (χ1n) is 6.32. The molecule has 0 fully saturated rings. The molecule has 0 saturated carbocycles. The molecule has 0 aliphatic rings. The molecule has 0 spiro atoms. The summed E-state index contributed by atoms with van der Waals surface area (Å²) in [7, 11) is -1.28. The second-order valence-corrected chi connectivity index (χ2v) is 13.9. The number of nitrogens with zero attached hydrogens (tertiary/aromatic N) is 2. The van der Waals surface area contributed by atoms with Gasteiger partial charge in [0.2, 0.25) is 0 Å². The molecule has 7 heteroatoms. The van der Waals surface area contributed by atoms with Gasteiger partial charge in [-0.1, -0.05) is 31.2 Å². The molecule has 1 aromatic heterocycles. The summed E-state index contributed by atoms with van der Waals surface area (Å²) in [5, 5.41) is 0.746. The van der Waals surface area contributed by atoms with Gasteiger partial charge in [0.1, 0.15) is 6.73 Å². The molecule has 2 rings (SSSR count). The van der Waals surface area contributed by atoms with Gasteiger partial charge in [-0.3, -0.25) is 4.57 Å². The predicted molar refractivity (Wildman–Crippen MR) is 104 cm³/mol. The highest BCUT2D eigenvalue weighted by Crippen LogP contribution is 2.27. The van der Waals surface area contributed by atoms with Gasteiger partial charge >= 0.3 is 0 Å². The number of ether oxygens (including phenoxy) is 1. The van der Waals surface area contributed by atoms with Crippen LogP contribution in [0.5, 0.6) is 0 Å². The first-order valence-corrected chi connectivity index (χ1v) is 12.4. The van der Waals surface area contributed by atoms with Crippen molar-refractivity contribution in [2.45, 2.75) is 39.0 Å². The van der Waals surface area contributed by atoms with Crippen LogP contribution in [0, 0.1) is 7.40 Å². The van der Waals surface area contributed by atoms with Crippen LogP contribution in [0.25, 0.3) is 11.0 Å². The average molecular weight is 535 g/mol. The number of hydrogen-bond acceptors (Lipinski definition) is 2. The van der Waals surface area contributed by atoms with Crippen LogP contribution >= 0.6 is 56.8 Å². The molecule has 3 nitrogen and oxygen atoms in total. The zero-order valence-corrected chi connectivity index (χ0v) is 17.9. The maximum atomic E-state index is 6.15. The Bertz CT molecular complexity index is 639. The molecule has 0 amide bonds. The Morgan fingerprint density at radius 3 is 2.60 bits per heavy atom. The molecule has 0 bridgehead atoms. The molecule has 0 aliphatic heterocycles. The zero-order valence-electron chi connectivity index (χ0n) is 11.9. The lowest BCUT2D eigenvalue weighted by molar-refractivity contribution is 0.0574. The van der Waals surface area contributed by atoms with E-state index in [-0.39, 0.29) is 0 Å². The quantitative estimate of drug-likeness (QED) is 0.401. The van der Waals surface area contributed by atoms with Gasteiger partial charge in [0.05, 0.1) is 24.1 Å². The minimum absolute atomic E-state index is 0.308. The third kappa shape index (κ3) is 3.68. The van der Waals surface area contributed by atoms with Gasteiger partial charge in [-0.25, -0.2) is 4.98 Å². The second-order valence-electron chi connectivity index (χ2n) is 5.87. The van der Waals surface area contributed by atoms with Crippen LogP contribution in [0.4, 0.5) is 0 Å². The summed E-state index contributed by atoms with van der Waals surface area (Å²) >= 11 is 10.6. The highest BCUT2D eigenvalue weighted by Gasteiger charge is 2.23. The maximum Gasteiger partial charge on any atom is 0.174 e. The van der Waals surface area contributed by atoms with Crippen molar-refractivity contribution in [3.8, 4) is 0 Å². The number of hydrogen-bond donors (Lipinski definition) is 0. The van der Waals surface area contributed by atoms with Crippen molar-refractivity contribution in [1.29, 1.82) is 0 Å². The molecule has 0 saturated heterocycles. The summed E-state index contributed by atoms with van der Waals surface area (Å²) in [5.74, 6) is 0. The largest absolute Gasteiger partial charge is 0.361 e. The van der Waals surface area contributed by atoms with Crippen molar-refractivity contribution in [2.75, 3.05) is 0 Å². The normalized spacial score (nSPS) is 13.9. The van der Waals surface area contributed by atoms with E-state index in [0.717, 1.165) is 23.5 Å². The van der Waals surface area contributed by atoms with Gasteiger partial charge in [-0.15, -0.1) is 0 Å². The lowest BCUT2D eigenvalue weighted by Gasteiger charge is -2.25. The van der Waals surface area contributed by atoms with Crippen LogP contribution in [0.3, 0.4) is 0 Å². The Balaban J connectivity index is 2.30. The number of rotatable bonds is 4. The Hall–Kier alpha value is 0.617. The first kappa shape index (κ1) is 17.0. The van der Waals surface area contributed by atoms with Crippen LogP contribution in [0.1, 0.15) is 6.92 Å². The summed E-state index contributed by atoms with van der Waals surface area (Å²) in [5.41, 5.74) is 2.30. The Morgan fingerprint density at radius 2 is 2.00 bits per heavy atom. The van der Waals surface area contributed by atoms with Crippen molar-refractivity contribution in [2.24, 2.45) is 0 Å². The van der Waals surface area contributed by atoms with Gasteiger partial charge in [0.25, 0.3) is 0 Å². The molecule has 2 aromatic rings. The number of aromatic nitrogens is 2. The van der Waals surface area contributed by atoms with Gasteiger partial charge in [-0.2, -0.15) is 0 Å². The van der Waals surface area contributed by atoms with Crippen LogP contribution in [0.15, 0.2) is 12.1 Å². The van der Waals surface area contributed by atoms with E-state index >= 15 is 0 Å². The smallest absolute Gasteiger partial charge is 0.174 e. The molecule has 1 heterocycles. The molecule has 20 heavy (non-hydrogen) atoms. The second kappa shape index (κ2) is 6.39. The highest BCUT2D eigenvalue weighted by molar-refractivity contribution is 14.1. The fraction of sp³-hybridized carbons (Fsp3) is 0.462. The summed E-state index contributed by atoms with van der Waals surface area (Å²) in [4.78, 5) is 4.55. The van der Waals surface area contributed by atoms with Crippen molar-refractivity contribution in [3.63, 3.8) is 0 Å². The molecule has 110 valence electrons. The first-order chi connectivity index (χ1) is 9.20. The third-order valence-electron chi connectivity index (χ3n) is 3.42. The number of imidazole rings is 1. The third-order valence-corrected chi connectivity index (χ3v) is 8.37. The summed E-state index contributed by atoms with van der Waals surface area (Å²) in [6, 6.07) is 3.98. The minimum Gasteiger partial charge on any atom is -0.361 e. The van der Waals surface area contributed by atoms with Gasteiger partial charge in [0, 0.05) is 31.9 Å². The van der Waals surface area contributed by atoms with E-state index in [4.69, 9.17) is 16.3 Å². The van der Waals surface area contributed by atoms with Crippen molar-refractivity contribution < 1.29 is 4.74 Å². The standard InChI is InChI=1S/C13H17ClI2N2OSi/c1-8(20(2,3)4)19-7-18-12-6-10(15)9(14)5-11(12)17-13(18)16/h5-6,8H,7H2,1-4H3. The molecule has 1 unspecified atom stereocenters. The SMILES string of the molecule is CC(OCn1c(I)nc2cc(Cl)c(I)cc21)[Si](C)(C)C. The summed E-state index contributed by atoms with van der Waals surface area (Å²) in [6.07, 6.45) is 0. The number of fused-ring (bicyclic) bond motifs is 1. The van der Waals surface area contributed by atoms with Crippen LogP contribution in [-0.4, -0.2) is 23.4 Å². The lowest BCUT2D eigenvalue weighted by Crippen LogP contribution is -2.38. The predicted octanol–water partition coefficient (Wildman–Crippen LogP) is 5.14. The summed E-state index contributed by atoms with van der Waals surface area (Å²) in [6.45, 7) is 9.66. The van der Waals surface area contributed by atoms with E-state index < -0.39 is 8.07 Å². The molecule has 1 atom stereocenters. The van der Waals surface area contributed by atoms with E-state index in [1.807, 2.05) is 6.07 Å². The molecule has 0 N–H and O–H groups in total. The van der Waals surface area contributed by atoms with Crippen LogP contribution in [-0.2, 0) is 11.5 Å². The van der Waals surface area contributed by atoms with Gasteiger partial charge in [-0.05, 0) is 41.6 Å². The van der Waals surface area contributed by atoms with E-state index in [9.17, 15) is 0 Å². The topological polar surface area (TPSA) is 27.1 Å². The lowest BCUT2D eigenvalue weighted by atomic mass is 10.3. The van der Waals surface area contributed by atoms with Crippen LogP contribution in [0.2, 0.25) is 24.7 Å². The fourth-order valence-corrected chi connectivity index (χ4v) is 3.49. The molecular weight excluding hydrogens is 518 g/mol. The fourth-order valence-electron chi connectivity index (χ4n) is 1.65. The van der Waals surface area contributed by atoms with E-state index in [0.29, 0.717) is 12.5 Å². The van der Waals surface area contributed by atoms with E-state index in [2.05, 4.69) is 87.4 Å².